The number of rotatable bonds is 5. The first-order valence-corrected chi connectivity index (χ1v) is 7.93. The van der Waals surface area contributed by atoms with Crippen molar-refractivity contribution in [2.75, 3.05) is 10.7 Å². The van der Waals surface area contributed by atoms with E-state index in [0.717, 1.165) is 10.2 Å². The molecule has 4 aromatic rings. The molecule has 1 aromatic carbocycles. The van der Waals surface area contributed by atoms with Crippen LogP contribution in [0, 0.1) is 0 Å². The average molecular weight is 400 g/mol. The first-order valence-electron chi connectivity index (χ1n) is 7.13. The summed E-state index contributed by atoms with van der Waals surface area (Å²) in [5.74, 6) is 1.41. The first kappa shape index (κ1) is 15.3. The number of benzene rings is 1. The Kier molecular flexibility index (Phi) is 4.09. The molecule has 4 rings (SSSR count). The molecular formula is C15H10BrN7O2. The van der Waals surface area contributed by atoms with Gasteiger partial charge in [-0.05, 0) is 46.7 Å². The molecule has 3 heterocycles. The van der Waals surface area contributed by atoms with Gasteiger partial charge in [-0.15, -0.1) is 0 Å². The highest BCUT2D eigenvalue weighted by Gasteiger charge is 2.12. The van der Waals surface area contributed by atoms with Crippen LogP contribution in [0.4, 0.5) is 17.3 Å². The van der Waals surface area contributed by atoms with E-state index in [0.29, 0.717) is 23.0 Å². The molecule has 0 aliphatic heterocycles. The molecular weight excluding hydrogens is 390 g/mol. The van der Waals surface area contributed by atoms with Gasteiger partial charge in [0.15, 0.2) is 11.6 Å². The van der Waals surface area contributed by atoms with Crippen molar-refractivity contribution in [1.29, 1.82) is 0 Å². The van der Waals surface area contributed by atoms with Gasteiger partial charge in [0, 0.05) is 10.2 Å². The van der Waals surface area contributed by atoms with Crippen molar-refractivity contribution < 1.29 is 9.05 Å². The van der Waals surface area contributed by atoms with Crippen molar-refractivity contribution in [2.45, 2.75) is 0 Å². The van der Waals surface area contributed by atoms with Gasteiger partial charge in [0.2, 0.25) is 11.3 Å². The molecule has 124 valence electrons. The molecule has 25 heavy (non-hydrogen) atoms. The largest absolute Gasteiger partial charge is 0.463 e. The summed E-state index contributed by atoms with van der Waals surface area (Å²) in [5.41, 5.74) is 4.21. The van der Waals surface area contributed by atoms with Crippen LogP contribution in [0.3, 0.4) is 0 Å². The predicted octanol–water partition coefficient (Wildman–Crippen LogP) is 3.56. The topological polar surface area (TPSA) is 114 Å². The summed E-state index contributed by atoms with van der Waals surface area (Å²) >= 11 is 3.40. The summed E-state index contributed by atoms with van der Waals surface area (Å²) in [7, 11) is 0. The number of aromatic nitrogens is 4. The van der Waals surface area contributed by atoms with E-state index in [1.54, 1.807) is 18.4 Å². The van der Waals surface area contributed by atoms with Crippen molar-refractivity contribution in [3.05, 3.63) is 52.9 Å². The van der Waals surface area contributed by atoms with E-state index in [1.807, 2.05) is 24.3 Å². The molecule has 0 atom stereocenters. The zero-order chi connectivity index (χ0) is 17.1. The van der Waals surface area contributed by atoms with Gasteiger partial charge in [0.1, 0.15) is 5.76 Å². The zero-order valence-electron chi connectivity index (χ0n) is 12.5. The summed E-state index contributed by atoms with van der Waals surface area (Å²) in [6.07, 6.45) is 3.09. The number of halogens is 1. The van der Waals surface area contributed by atoms with E-state index in [9.17, 15) is 0 Å². The average Bonchev–Trinajstić information content (AvgIpc) is 3.28. The normalized spacial score (nSPS) is 11.2. The van der Waals surface area contributed by atoms with Crippen molar-refractivity contribution in [2.24, 2.45) is 5.10 Å². The van der Waals surface area contributed by atoms with E-state index in [-0.39, 0.29) is 5.65 Å². The summed E-state index contributed by atoms with van der Waals surface area (Å²) < 4.78 is 10.8. The molecule has 0 amide bonds. The lowest BCUT2D eigenvalue weighted by Gasteiger charge is -2.09. The van der Waals surface area contributed by atoms with Crippen LogP contribution in [0.5, 0.6) is 0 Å². The monoisotopic (exact) mass is 399 g/mol. The van der Waals surface area contributed by atoms with Crippen LogP contribution in [0.15, 0.2) is 61.3 Å². The predicted molar refractivity (Wildman–Crippen MR) is 94.7 cm³/mol. The third-order valence-corrected chi connectivity index (χ3v) is 3.66. The highest BCUT2D eigenvalue weighted by atomic mass is 79.9. The molecule has 0 aliphatic rings. The van der Waals surface area contributed by atoms with Gasteiger partial charge in [-0.2, -0.15) is 10.1 Å². The van der Waals surface area contributed by atoms with Crippen LogP contribution >= 0.6 is 15.9 Å². The van der Waals surface area contributed by atoms with Crippen LogP contribution < -0.4 is 10.7 Å². The second-order valence-electron chi connectivity index (χ2n) is 4.85. The number of furan rings is 1. The highest BCUT2D eigenvalue weighted by Crippen LogP contribution is 2.24. The fraction of sp³-hybridized carbons (Fsp3) is 0. The summed E-state index contributed by atoms with van der Waals surface area (Å²) in [4.78, 5) is 8.67. The van der Waals surface area contributed by atoms with Crippen molar-refractivity contribution >= 4 is 50.8 Å². The molecule has 0 aliphatic carbocycles. The third kappa shape index (κ3) is 3.48. The molecule has 2 N–H and O–H groups in total. The number of nitrogens with one attached hydrogen (secondary N) is 2. The van der Waals surface area contributed by atoms with Crippen LogP contribution in [-0.2, 0) is 0 Å². The van der Waals surface area contributed by atoms with E-state index in [2.05, 4.69) is 56.7 Å². The van der Waals surface area contributed by atoms with Gasteiger partial charge < -0.3 is 9.73 Å². The molecule has 0 radical (unpaired) electrons. The Morgan fingerprint density at radius 1 is 1.00 bits per heavy atom. The summed E-state index contributed by atoms with van der Waals surface area (Å²) in [6, 6.07) is 11.2. The summed E-state index contributed by atoms with van der Waals surface area (Å²) in [6.45, 7) is 0. The van der Waals surface area contributed by atoms with Crippen molar-refractivity contribution in [1.82, 2.24) is 20.3 Å². The Morgan fingerprint density at radius 3 is 2.48 bits per heavy atom. The van der Waals surface area contributed by atoms with Gasteiger partial charge in [-0.1, -0.05) is 15.9 Å². The number of nitrogens with zero attached hydrogens (tertiary/aromatic N) is 5. The van der Waals surface area contributed by atoms with Crippen LogP contribution in [0.25, 0.3) is 11.3 Å². The SMILES string of the molecule is Brc1ccc(Nc2nc3nonc3nc2NN=Cc2ccco2)cc1. The van der Waals surface area contributed by atoms with E-state index >= 15 is 0 Å². The molecule has 0 saturated carbocycles. The lowest BCUT2D eigenvalue weighted by atomic mass is 10.3. The minimum absolute atomic E-state index is 0.275. The maximum atomic E-state index is 5.18. The van der Waals surface area contributed by atoms with Gasteiger partial charge in [0.05, 0.1) is 12.5 Å². The van der Waals surface area contributed by atoms with Gasteiger partial charge in [-0.3, -0.25) is 5.43 Å². The second-order valence-corrected chi connectivity index (χ2v) is 5.77. The molecule has 0 saturated heterocycles. The molecule has 0 bridgehead atoms. The molecule has 10 heteroatoms. The maximum Gasteiger partial charge on any atom is 0.245 e. The maximum absolute atomic E-state index is 5.18. The lowest BCUT2D eigenvalue weighted by molar-refractivity contribution is 0.314. The lowest BCUT2D eigenvalue weighted by Crippen LogP contribution is -2.03. The number of anilines is 3. The standard InChI is InChI=1S/C15H10BrN7O2/c16-9-3-5-10(6-4-9)18-12-13(20-15-14(19-12)22-25-23-15)21-17-8-11-2-1-7-24-11/h1-8H,(H,18,19,22)(H,20,21,23). The quantitative estimate of drug-likeness (QED) is 0.386. The molecule has 0 unspecified atom stereocenters. The Bertz CT molecular complexity index is 1010. The van der Waals surface area contributed by atoms with Crippen molar-refractivity contribution in [3.8, 4) is 0 Å². The van der Waals surface area contributed by atoms with Crippen LogP contribution in [0.1, 0.15) is 5.76 Å². The molecule has 9 nitrogen and oxygen atoms in total. The molecule has 3 aromatic heterocycles. The summed E-state index contributed by atoms with van der Waals surface area (Å²) in [5, 5.41) is 14.7. The smallest absolute Gasteiger partial charge is 0.245 e. The van der Waals surface area contributed by atoms with E-state index in [4.69, 9.17) is 4.42 Å². The number of hydrazone groups is 1. The van der Waals surface area contributed by atoms with Crippen LogP contribution in [-0.4, -0.2) is 26.5 Å². The van der Waals surface area contributed by atoms with Crippen LogP contribution in [0.2, 0.25) is 0 Å². The number of hydrogen-bond acceptors (Lipinski definition) is 9. The minimum atomic E-state index is 0.275. The first-order chi connectivity index (χ1) is 12.3. The second kappa shape index (κ2) is 6.69. The highest BCUT2D eigenvalue weighted by molar-refractivity contribution is 9.10. The van der Waals surface area contributed by atoms with E-state index in [1.165, 1.54) is 6.21 Å². The zero-order valence-corrected chi connectivity index (χ0v) is 14.1. The molecule has 0 spiro atoms. The van der Waals surface area contributed by atoms with E-state index < -0.39 is 0 Å². The van der Waals surface area contributed by atoms with Gasteiger partial charge >= 0.3 is 0 Å². The molecule has 0 fully saturated rings. The fourth-order valence-electron chi connectivity index (χ4n) is 1.99. The van der Waals surface area contributed by atoms with Gasteiger partial charge in [0.25, 0.3) is 0 Å². The fourth-order valence-corrected chi connectivity index (χ4v) is 2.26. The Balaban J connectivity index is 1.64. The Labute approximate surface area is 149 Å². The minimum Gasteiger partial charge on any atom is -0.463 e. The number of fused-ring (bicyclic) bond motifs is 1. The number of hydrogen-bond donors (Lipinski definition) is 2. The Morgan fingerprint density at radius 2 is 1.76 bits per heavy atom. The van der Waals surface area contributed by atoms with Gasteiger partial charge in [-0.25, -0.2) is 9.61 Å². The van der Waals surface area contributed by atoms with Crippen molar-refractivity contribution in [3.63, 3.8) is 0 Å². The third-order valence-electron chi connectivity index (χ3n) is 3.13. The Hall–Kier alpha value is -3.27.